The highest BCUT2D eigenvalue weighted by atomic mass is 16.6. The predicted octanol–water partition coefficient (Wildman–Crippen LogP) is 3.66. The number of fused-ring (bicyclic) bond motifs is 1. The first-order valence-electron chi connectivity index (χ1n) is 6.47. The molecule has 0 aliphatic heterocycles. The van der Waals surface area contributed by atoms with Gasteiger partial charge in [0.15, 0.2) is 11.1 Å². The molecule has 0 fully saturated rings. The molecule has 6 heteroatoms. The van der Waals surface area contributed by atoms with Crippen molar-refractivity contribution in [2.75, 3.05) is 5.32 Å². The lowest BCUT2D eigenvalue weighted by Crippen LogP contribution is -2.01. The maximum Gasteiger partial charge on any atom is 0.298 e. The molecule has 0 atom stereocenters. The van der Waals surface area contributed by atoms with E-state index in [0.29, 0.717) is 12.1 Å². The summed E-state index contributed by atoms with van der Waals surface area (Å²) in [6.07, 6.45) is 0. The minimum Gasteiger partial charge on any atom is -0.423 e. The van der Waals surface area contributed by atoms with E-state index in [1.165, 1.54) is 6.07 Å². The number of para-hydroxylation sites is 1. The van der Waals surface area contributed by atoms with E-state index in [1.807, 2.05) is 31.2 Å². The average molecular weight is 283 g/mol. The van der Waals surface area contributed by atoms with E-state index < -0.39 is 4.92 Å². The molecule has 1 N–H and O–H groups in total. The molecule has 0 bridgehead atoms. The molecule has 0 spiro atoms. The van der Waals surface area contributed by atoms with Gasteiger partial charge in [-0.15, -0.1) is 0 Å². The second-order valence-corrected chi connectivity index (χ2v) is 4.68. The van der Waals surface area contributed by atoms with Gasteiger partial charge < -0.3 is 9.73 Å². The van der Waals surface area contributed by atoms with Crippen LogP contribution in [0.2, 0.25) is 0 Å². The summed E-state index contributed by atoms with van der Waals surface area (Å²) in [5.74, 6) is 0. The predicted molar refractivity (Wildman–Crippen MR) is 79.2 cm³/mol. The molecule has 3 rings (SSSR count). The Hall–Kier alpha value is -2.89. The van der Waals surface area contributed by atoms with Gasteiger partial charge in [-0.25, -0.2) is 0 Å². The smallest absolute Gasteiger partial charge is 0.298 e. The summed E-state index contributed by atoms with van der Waals surface area (Å²) < 4.78 is 5.49. The van der Waals surface area contributed by atoms with Crippen LogP contribution in [0, 0.1) is 17.0 Å². The number of hydrogen-bond acceptors (Lipinski definition) is 5. The zero-order valence-electron chi connectivity index (χ0n) is 11.4. The van der Waals surface area contributed by atoms with E-state index in [0.717, 1.165) is 11.1 Å². The van der Waals surface area contributed by atoms with Crippen molar-refractivity contribution in [2.24, 2.45) is 0 Å². The van der Waals surface area contributed by atoms with Crippen LogP contribution in [0.4, 0.5) is 11.7 Å². The van der Waals surface area contributed by atoms with E-state index in [4.69, 9.17) is 4.42 Å². The standard InChI is InChI=1S/C15H13N3O3/c1-10-5-2-3-6-11(10)9-16-15-17-14-12(18(19)20)7-4-8-13(14)21-15/h2-8H,9H2,1H3,(H,16,17). The summed E-state index contributed by atoms with van der Waals surface area (Å²) in [4.78, 5) is 14.6. The zero-order chi connectivity index (χ0) is 14.8. The second-order valence-electron chi connectivity index (χ2n) is 4.68. The molecule has 3 aromatic rings. The molecule has 0 amide bonds. The summed E-state index contributed by atoms with van der Waals surface area (Å²) >= 11 is 0. The van der Waals surface area contributed by atoms with Crippen LogP contribution in [0.15, 0.2) is 46.9 Å². The van der Waals surface area contributed by atoms with Gasteiger partial charge in [0.2, 0.25) is 0 Å². The first-order chi connectivity index (χ1) is 10.1. The molecule has 0 unspecified atom stereocenters. The highest BCUT2D eigenvalue weighted by Crippen LogP contribution is 2.27. The Morgan fingerprint density at radius 1 is 1.24 bits per heavy atom. The van der Waals surface area contributed by atoms with Crippen molar-refractivity contribution in [3.8, 4) is 0 Å². The van der Waals surface area contributed by atoms with Gasteiger partial charge in [0.05, 0.1) is 4.92 Å². The number of aromatic nitrogens is 1. The van der Waals surface area contributed by atoms with Gasteiger partial charge >= 0.3 is 0 Å². The van der Waals surface area contributed by atoms with Gasteiger partial charge in [0, 0.05) is 12.6 Å². The Bertz CT molecular complexity index is 811. The minimum absolute atomic E-state index is 0.0554. The minimum atomic E-state index is -0.462. The quantitative estimate of drug-likeness (QED) is 0.583. The first kappa shape index (κ1) is 13.1. The van der Waals surface area contributed by atoms with Crippen LogP contribution in [0.3, 0.4) is 0 Å². The lowest BCUT2D eigenvalue weighted by molar-refractivity contribution is -0.383. The molecule has 0 radical (unpaired) electrons. The van der Waals surface area contributed by atoms with E-state index in [2.05, 4.69) is 10.3 Å². The molecule has 2 aromatic carbocycles. The van der Waals surface area contributed by atoms with Crippen LogP contribution < -0.4 is 5.32 Å². The number of nitro benzene ring substituents is 1. The topological polar surface area (TPSA) is 81.2 Å². The van der Waals surface area contributed by atoms with Gasteiger partial charge in [-0.2, -0.15) is 4.98 Å². The SMILES string of the molecule is Cc1ccccc1CNc1nc2c([N+](=O)[O-])cccc2o1. The highest BCUT2D eigenvalue weighted by Gasteiger charge is 2.17. The van der Waals surface area contributed by atoms with Crippen LogP contribution >= 0.6 is 0 Å². The summed E-state index contributed by atoms with van der Waals surface area (Å²) in [7, 11) is 0. The second kappa shape index (κ2) is 5.24. The maximum absolute atomic E-state index is 11.0. The number of rotatable bonds is 4. The van der Waals surface area contributed by atoms with Gasteiger partial charge in [-0.3, -0.25) is 10.1 Å². The number of nitrogens with zero attached hydrogens (tertiary/aromatic N) is 2. The number of nitro groups is 1. The zero-order valence-corrected chi connectivity index (χ0v) is 11.4. The Labute approximate surface area is 120 Å². The third-order valence-corrected chi connectivity index (χ3v) is 3.29. The number of benzene rings is 2. The van der Waals surface area contributed by atoms with E-state index >= 15 is 0 Å². The van der Waals surface area contributed by atoms with Crippen LogP contribution in [0.1, 0.15) is 11.1 Å². The van der Waals surface area contributed by atoms with Crippen molar-refractivity contribution < 1.29 is 9.34 Å². The van der Waals surface area contributed by atoms with Gasteiger partial charge in [0.25, 0.3) is 11.7 Å². The Kier molecular flexibility index (Phi) is 3.27. The van der Waals surface area contributed by atoms with Crippen molar-refractivity contribution >= 4 is 22.8 Å². The lowest BCUT2D eigenvalue weighted by Gasteiger charge is -2.04. The molecule has 0 aliphatic rings. The van der Waals surface area contributed by atoms with Crippen molar-refractivity contribution in [3.63, 3.8) is 0 Å². The van der Waals surface area contributed by atoms with Gasteiger partial charge in [0.1, 0.15) is 0 Å². The molecule has 0 aliphatic carbocycles. The largest absolute Gasteiger partial charge is 0.423 e. The van der Waals surface area contributed by atoms with Crippen LogP contribution in [0.5, 0.6) is 0 Å². The van der Waals surface area contributed by atoms with Crippen molar-refractivity contribution in [1.82, 2.24) is 4.98 Å². The number of oxazole rings is 1. The molecule has 0 saturated heterocycles. The molecular formula is C15H13N3O3. The molecule has 106 valence electrons. The summed E-state index contributed by atoms with van der Waals surface area (Å²) in [5, 5.41) is 14.0. The first-order valence-corrected chi connectivity index (χ1v) is 6.47. The molecule has 1 heterocycles. The summed E-state index contributed by atoms with van der Waals surface area (Å²) in [6, 6.07) is 12.9. The van der Waals surface area contributed by atoms with Crippen molar-refractivity contribution in [2.45, 2.75) is 13.5 Å². The average Bonchev–Trinajstić information content (AvgIpc) is 2.88. The highest BCUT2D eigenvalue weighted by molar-refractivity contribution is 5.83. The maximum atomic E-state index is 11.0. The van der Waals surface area contributed by atoms with Gasteiger partial charge in [-0.1, -0.05) is 30.3 Å². The number of anilines is 1. The number of non-ortho nitro benzene ring substituents is 1. The Balaban J connectivity index is 1.87. The molecule has 6 nitrogen and oxygen atoms in total. The molecule has 1 aromatic heterocycles. The van der Waals surface area contributed by atoms with Crippen LogP contribution in [0.25, 0.3) is 11.1 Å². The number of aryl methyl sites for hydroxylation is 1. The molecule has 21 heavy (non-hydrogen) atoms. The van der Waals surface area contributed by atoms with Gasteiger partial charge in [-0.05, 0) is 24.1 Å². The van der Waals surface area contributed by atoms with Crippen molar-refractivity contribution in [3.05, 3.63) is 63.7 Å². The van der Waals surface area contributed by atoms with Crippen molar-refractivity contribution in [1.29, 1.82) is 0 Å². The summed E-state index contributed by atoms with van der Waals surface area (Å²) in [6.45, 7) is 2.57. The fourth-order valence-electron chi connectivity index (χ4n) is 2.14. The fraction of sp³-hybridized carbons (Fsp3) is 0.133. The monoisotopic (exact) mass is 283 g/mol. The number of hydrogen-bond donors (Lipinski definition) is 1. The third kappa shape index (κ3) is 2.55. The molecule has 0 saturated carbocycles. The number of nitrogens with one attached hydrogen (secondary N) is 1. The lowest BCUT2D eigenvalue weighted by atomic mass is 10.1. The van der Waals surface area contributed by atoms with E-state index in [9.17, 15) is 10.1 Å². The normalized spacial score (nSPS) is 10.7. The molecular weight excluding hydrogens is 270 g/mol. The fourth-order valence-corrected chi connectivity index (χ4v) is 2.14. The third-order valence-electron chi connectivity index (χ3n) is 3.29. The van der Waals surface area contributed by atoms with Crippen LogP contribution in [-0.4, -0.2) is 9.91 Å². The van der Waals surface area contributed by atoms with E-state index in [-0.39, 0.29) is 17.2 Å². The van der Waals surface area contributed by atoms with E-state index in [1.54, 1.807) is 12.1 Å². The summed E-state index contributed by atoms with van der Waals surface area (Å²) in [5.41, 5.74) is 2.88. The Morgan fingerprint density at radius 2 is 2.05 bits per heavy atom. The Morgan fingerprint density at radius 3 is 2.81 bits per heavy atom. The van der Waals surface area contributed by atoms with Crippen LogP contribution in [-0.2, 0) is 6.54 Å².